The van der Waals surface area contributed by atoms with Crippen molar-refractivity contribution >= 4 is 17.4 Å². The number of aryl methyl sites for hydroxylation is 1. The molecule has 0 fully saturated rings. The third kappa shape index (κ3) is 4.79. The first kappa shape index (κ1) is 18.3. The molecule has 0 unspecified atom stereocenters. The summed E-state index contributed by atoms with van der Waals surface area (Å²) in [6, 6.07) is 19.4. The minimum absolute atomic E-state index is 0.180. The molecule has 0 bridgehead atoms. The predicted molar refractivity (Wildman–Crippen MR) is 102 cm³/mol. The lowest BCUT2D eigenvalue weighted by Gasteiger charge is -2.10. The molecular formula is C22H18FNO3. The van der Waals surface area contributed by atoms with Gasteiger partial charge in [0.2, 0.25) is 0 Å². The number of Topliss-reactive ketones (excluding diaryl/α,β-unsaturated/α-hetero) is 1. The molecule has 5 heteroatoms. The molecule has 136 valence electrons. The van der Waals surface area contributed by atoms with E-state index < -0.39 is 5.82 Å². The number of hydrogen-bond acceptors (Lipinski definition) is 3. The maximum atomic E-state index is 12.9. The van der Waals surface area contributed by atoms with Crippen molar-refractivity contribution in [2.75, 3.05) is 11.9 Å². The van der Waals surface area contributed by atoms with Crippen LogP contribution in [0.15, 0.2) is 72.8 Å². The lowest BCUT2D eigenvalue weighted by molar-refractivity contribution is 0.0920. The van der Waals surface area contributed by atoms with Gasteiger partial charge in [-0.05, 0) is 55.0 Å². The van der Waals surface area contributed by atoms with Gasteiger partial charge in [0.1, 0.15) is 11.6 Å². The number of benzene rings is 3. The summed E-state index contributed by atoms with van der Waals surface area (Å²) in [5.74, 6) is -0.422. The van der Waals surface area contributed by atoms with E-state index in [1.165, 1.54) is 24.3 Å². The summed E-state index contributed by atoms with van der Waals surface area (Å²) in [6.07, 6.45) is 0. The van der Waals surface area contributed by atoms with Gasteiger partial charge in [-0.2, -0.15) is 0 Å². The summed E-state index contributed by atoms with van der Waals surface area (Å²) in [7, 11) is 0. The van der Waals surface area contributed by atoms with Gasteiger partial charge in [0, 0.05) is 22.9 Å². The largest absolute Gasteiger partial charge is 0.485 e. The molecule has 0 heterocycles. The van der Waals surface area contributed by atoms with E-state index in [2.05, 4.69) is 5.32 Å². The molecule has 3 rings (SSSR count). The molecule has 0 aliphatic carbocycles. The van der Waals surface area contributed by atoms with Crippen molar-refractivity contribution in [2.45, 2.75) is 6.92 Å². The van der Waals surface area contributed by atoms with Crippen LogP contribution < -0.4 is 10.1 Å². The van der Waals surface area contributed by atoms with Gasteiger partial charge < -0.3 is 10.1 Å². The van der Waals surface area contributed by atoms with Gasteiger partial charge in [-0.1, -0.05) is 24.3 Å². The Kier molecular flexibility index (Phi) is 5.61. The summed E-state index contributed by atoms with van der Waals surface area (Å²) < 4.78 is 18.4. The van der Waals surface area contributed by atoms with E-state index in [1.807, 2.05) is 25.1 Å². The molecule has 0 aromatic heterocycles. The summed E-state index contributed by atoms with van der Waals surface area (Å²) in [5.41, 5.74) is 2.41. The molecule has 3 aromatic carbocycles. The van der Waals surface area contributed by atoms with Gasteiger partial charge in [0.05, 0.1) is 0 Å². The van der Waals surface area contributed by atoms with Gasteiger partial charge >= 0.3 is 0 Å². The standard InChI is InChI=1S/C22H18FNO3/c1-15-5-2-3-8-20(15)22(26)24-18-6-4-7-19(13-18)27-14-21(25)16-9-11-17(23)12-10-16/h2-13H,14H2,1H3,(H,24,26). The van der Waals surface area contributed by atoms with Crippen LogP contribution in [0.1, 0.15) is 26.3 Å². The molecular weight excluding hydrogens is 345 g/mol. The average molecular weight is 363 g/mol. The Balaban J connectivity index is 1.63. The van der Waals surface area contributed by atoms with Crippen molar-refractivity contribution in [3.63, 3.8) is 0 Å². The number of amides is 1. The third-order valence-electron chi connectivity index (χ3n) is 4.02. The van der Waals surface area contributed by atoms with E-state index in [0.717, 1.165) is 5.56 Å². The van der Waals surface area contributed by atoms with Gasteiger partial charge in [0.25, 0.3) is 5.91 Å². The summed E-state index contributed by atoms with van der Waals surface area (Å²) in [5, 5.41) is 2.82. The summed E-state index contributed by atoms with van der Waals surface area (Å²) >= 11 is 0. The first-order valence-corrected chi connectivity index (χ1v) is 8.41. The zero-order valence-corrected chi connectivity index (χ0v) is 14.7. The van der Waals surface area contributed by atoms with Crippen molar-refractivity contribution in [1.82, 2.24) is 0 Å². The second kappa shape index (κ2) is 8.27. The number of carbonyl (C=O) groups is 2. The minimum Gasteiger partial charge on any atom is -0.485 e. The number of ketones is 1. The highest BCUT2D eigenvalue weighted by atomic mass is 19.1. The molecule has 0 aliphatic heterocycles. The van der Waals surface area contributed by atoms with Crippen LogP contribution in [0.25, 0.3) is 0 Å². The second-order valence-corrected chi connectivity index (χ2v) is 6.02. The lowest BCUT2D eigenvalue weighted by atomic mass is 10.1. The van der Waals surface area contributed by atoms with Crippen LogP contribution >= 0.6 is 0 Å². The Hall–Kier alpha value is -3.47. The quantitative estimate of drug-likeness (QED) is 0.649. The Bertz CT molecular complexity index is 967. The lowest BCUT2D eigenvalue weighted by Crippen LogP contribution is -2.14. The normalized spacial score (nSPS) is 10.3. The van der Waals surface area contributed by atoms with Crippen molar-refractivity contribution in [1.29, 1.82) is 0 Å². The molecule has 3 aromatic rings. The average Bonchev–Trinajstić information content (AvgIpc) is 2.67. The van der Waals surface area contributed by atoms with Crippen LogP contribution in [0.3, 0.4) is 0 Å². The Morgan fingerprint density at radius 3 is 2.44 bits per heavy atom. The van der Waals surface area contributed by atoms with Crippen LogP contribution in [0, 0.1) is 12.7 Å². The topological polar surface area (TPSA) is 55.4 Å². The van der Waals surface area contributed by atoms with E-state index in [9.17, 15) is 14.0 Å². The fourth-order valence-electron chi connectivity index (χ4n) is 2.56. The molecule has 0 saturated heterocycles. The molecule has 1 N–H and O–H groups in total. The number of rotatable bonds is 6. The summed E-state index contributed by atoms with van der Waals surface area (Å²) in [4.78, 5) is 24.5. The maximum Gasteiger partial charge on any atom is 0.255 e. The molecule has 0 radical (unpaired) electrons. The molecule has 0 aliphatic rings. The van der Waals surface area contributed by atoms with E-state index in [0.29, 0.717) is 22.6 Å². The van der Waals surface area contributed by atoms with E-state index in [1.54, 1.807) is 30.3 Å². The van der Waals surface area contributed by atoms with Crippen LogP contribution in [0.2, 0.25) is 0 Å². The minimum atomic E-state index is -0.399. The van der Waals surface area contributed by atoms with Crippen molar-refractivity contribution in [3.8, 4) is 5.75 Å². The first-order valence-electron chi connectivity index (χ1n) is 8.41. The monoisotopic (exact) mass is 363 g/mol. The van der Waals surface area contributed by atoms with Crippen LogP contribution in [0.4, 0.5) is 10.1 Å². The zero-order chi connectivity index (χ0) is 19.2. The SMILES string of the molecule is Cc1ccccc1C(=O)Nc1cccc(OCC(=O)c2ccc(F)cc2)c1. The highest BCUT2D eigenvalue weighted by molar-refractivity contribution is 6.05. The van der Waals surface area contributed by atoms with E-state index in [-0.39, 0.29) is 18.3 Å². The van der Waals surface area contributed by atoms with Crippen molar-refractivity contribution in [3.05, 3.63) is 95.3 Å². The van der Waals surface area contributed by atoms with Crippen LogP contribution in [0.5, 0.6) is 5.75 Å². The Labute approximate surface area is 156 Å². The number of ether oxygens (including phenoxy) is 1. The number of anilines is 1. The maximum absolute atomic E-state index is 12.9. The third-order valence-corrected chi connectivity index (χ3v) is 4.02. The molecule has 0 spiro atoms. The fraction of sp³-hybridized carbons (Fsp3) is 0.0909. The smallest absolute Gasteiger partial charge is 0.255 e. The molecule has 0 saturated carbocycles. The predicted octanol–water partition coefficient (Wildman–Crippen LogP) is 4.65. The van der Waals surface area contributed by atoms with Gasteiger partial charge in [0.15, 0.2) is 12.4 Å². The highest BCUT2D eigenvalue weighted by Crippen LogP contribution is 2.19. The molecule has 1 amide bonds. The first-order chi connectivity index (χ1) is 13.0. The number of hydrogen-bond donors (Lipinski definition) is 1. The van der Waals surface area contributed by atoms with Crippen molar-refractivity contribution < 1.29 is 18.7 Å². The molecule has 4 nitrogen and oxygen atoms in total. The van der Waals surface area contributed by atoms with Crippen LogP contribution in [-0.4, -0.2) is 18.3 Å². The fourth-order valence-corrected chi connectivity index (χ4v) is 2.56. The highest BCUT2D eigenvalue weighted by Gasteiger charge is 2.10. The van der Waals surface area contributed by atoms with E-state index >= 15 is 0 Å². The summed E-state index contributed by atoms with van der Waals surface area (Å²) in [6.45, 7) is 1.69. The Morgan fingerprint density at radius 2 is 1.70 bits per heavy atom. The number of halogens is 1. The molecule has 0 atom stereocenters. The van der Waals surface area contributed by atoms with Gasteiger partial charge in [-0.15, -0.1) is 0 Å². The van der Waals surface area contributed by atoms with Crippen LogP contribution in [-0.2, 0) is 0 Å². The zero-order valence-electron chi connectivity index (χ0n) is 14.7. The molecule has 27 heavy (non-hydrogen) atoms. The van der Waals surface area contributed by atoms with Gasteiger partial charge in [-0.25, -0.2) is 4.39 Å². The van der Waals surface area contributed by atoms with E-state index in [4.69, 9.17) is 4.74 Å². The number of carbonyl (C=O) groups excluding carboxylic acids is 2. The van der Waals surface area contributed by atoms with Crippen molar-refractivity contribution in [2.24, 2.45) is 0 Å². The van der Waals surface area contributed by atoms with Gasteiger partial charge in [-0.3, -0.25) is 9.59 Å². The Morgan fingerprint density at radius 1 is 0.963 bits per heavy atom. The second-order valence-electron chi connectivity index (χ2n) is 6.02. The number of nitrogens with one attached hydrogen (secondary N) is 1.